The van der Waals surface area contributed by atoms with Crippen molar-refractivity contribution in [2.75, 3.05) is 31.6 Å². The highest BCUT2D eigenvalue weighted by Gasteiger charge is 2.23. The molecule has 2 rings (SSSR count). The Morgan fingerprint density at radius 2 is 2.10 bits per heavy atom. The minimum atomic E-state index is 0.250. The van der Waals surface area contributed by atoms with Gasteiger partial charge in [-0.25, -0.2) is 0 Å². The zero-order valence-electron chi connectivity index (χ0n) is 13.5. The molecule has 118 valence electrons. The monoisotopic (exact) mass is 353 g/mol. The lowest BCUT2D eigenvalue weighted by molar-refractivity contribution is 0.213. The van der Waals surface area contributed by atoms with Crippen LogP contribution in [0.15, 0.2) is 22.7 Å². The second-order valence-corrected chi connectivity index (χ2v) is 6.99. The number of anilines is 1. The quantitative estimate of drug-likeness (QED) is 0.881. The molecule has 1 aromatic rings. The first kappa shape index (κ1) is 16.8. The van der Waals surface area contributed by atoms with Crippen LogP contribution in [0.25, 0.3) is 0 Å². The predicted molar refractivity (Wildman–Crippen MR) is 95.0 cm³/mol. The summed E-state index contributed by atoms with van der Waals surface area (Å²) in [7, 11) is 2.23. The van der Waals surface area contributed by atoms with Crippen molar-refractivity contribution in [2.45, 2.75) is 45.2 Å². The van der Waals surface area contributed by atoms with Crippen LogP contribution in [0.4, 0.5) is 5.69 Å². The van der Waals surface area contributed by atoms with E-state index >= 15 is 0 Å². The van der Waals surface area contributed by atoms with Gasteiger partial charge in [0.05, 0.1) is 0 Å². The minimum absolute atomic E-state index is 0.250. The van der Waals surface area contributed by atoms with Crippen molar-refractivity contribution in [1.82, 2.24) is 4.90 Å². The third-order valence-electron chi connectivity index (χ3n) is 4.66. The van der Waals surface area contributed by atoms with Crippen LogP contribution in [0.3, 0.4) is 0 Å². The van der Waals surface area contributed by atoms with E-state index in [4.69, 9.17) is 5.73 Å². The second kappa shape index (κ2) is 7.61. The normalized spacial score (nSPS) is 21.6. The largest absolute Gasteiger partial charge is 0.369 e. The number of hydrogen-bond donors (Lipinski definition) is 1. The number of likely N-dealkylation sites (N-methyl/N-ethyl adjacent to an activating group) is 1. The molecular weight excluding hydrogens is 326 g/mol. The fourth-order valence-corrected chi connectivity index (χ4v) is 3.48. The van der Waals surface area contributed by atoms with Crippen molar-refractivity contribution in [1.29, 1.82) is 0 Å². The average molecular weight is 354 g/mol. The number of hydrogen-bond acceptors (Lipinski definition) is 3. The summed E-state index contributed by atoms with van der Waals surface area (Å²) in [6.07, 6.45) is 3.17. The molecule has 0 saturated carbocycles. The Bertz CT molecular complexity index is 463. The number of nitrogens with two attached hydrogens (primary N) is 1. The van der Waals surface area contributed by atoms with Gasteiger partial charge >= 0.3 is 0 Å². The summed E-state index contributed by atoms with van der Waals surface area (Å²) in [4.78, 5) is 4.97. The SMILES string of the molecule is CCC(N)Cc1ccc(N2CCN(C)C(CC)C2)cc1Br. The molecule has 4 heteroatoms. The third-order valence-corrected chi connectivity index (χ3v) is 5.39. The van der Waals surface area contributed by atoms with Crippen molar-refractivity contribution >= 4 is 21.6 Å². The van der Waals surface area contributed by atoms with E-state index in [0.29, 0.717) is 6.04 Å². The second-order valence-electron chi connectivity index (χ2n) is 6.14. The summed E-state index contributed by atoms with van der Waals surface area (Å²) >= 11 is 3.72. The van der Waals surface area contributed by atoms with Gasteiger partial charge in [-0.15, -0.1) is 0 Å². The third kappa shape index (κ3) is 4.21. The topological polar surface area (TPSA) is 32.5 Å². The van der Waals surface area contributed by atoms with Gasteiger partial charge < -0.3 is 10.6 Å². The minimum Gasteiger partial charge on any atom is -0.369 e. The van der Waals surface area contributed by atoms with E-state index in [2.05, 4.69) is 64.8 Å². The molecule has 1 saturated heterocycles. The van der Waals surface area contributed by atoms with Gasteiger partial charge in [0.1, 0.15) is 0 Å². The lowest BCUT2D eigenvalue weighted by Gasteiger charge is -2.40. The molecule has 3 nitrogen and oxygen atoms in total. The summed E-state index contributed by atoms with van der Waals surface area (Å²) in [6, 6.07) is 7.65. The molecule has 0 amide bonds. The molecule has 1 fully saturated rings. The highest BCUT2D eigenvalue weighted by atomic mass is 79.9. The van der Waals surface area contributed by atoms with Gasteiger partial charge in [0, 0.05) is 41.9 Å². The molecule has 0 radical (unpaired) electrons. The van der Waals surface area contributed by atoms with E-state index in [9.17, 15) is 0 Å². The maximum atomic E-state index is 6.07. The number of rotatable bonds is 5. The molecule has 0 spiro atoms. The van der Waals surface area contributed by atoms with Gasteiger partial charge in [-0.2, -0.15) is 0 Å². The van der Waals surface area contributed by atoms with E-state index in [0.717, 1.165) is 32.5 Å². The van der Waals surface area contributed by atoms with Crippen LogP contribution in [-0.4, -0.2) is 43.7 Å². The van der Waals surface area contributed by atoms with Crippen molar-refractivity contribution in [2.24, 2.45) is 5.73 Å². The van der Waals surface area contributed by atoms with Crippen molar-refractivity contribution in [3.63, 3.8) is 0 Å². The zero-order chi connectivity index (χ0) is 15.4. The van der Waals surface area contributed by atoms with Gasteiger partial charge in [0.2, 0.25) is 0 Å². The lowest BCUT2D eigenvalue weighted by Crippen LogP contribution is -2.51. The Morgan fingerprint density at radius 1 is 1.33 bits per heavy atom. The van der Waals surface area contributed by atoms with Gasteiger partial charge in [-0.3, -0.25) is 4.90 Å². The van der Waals surface area contributed by atoms with Crippen molar-refractivity contribution < 1.29 is 0 Å². The van der Waals surface area contributed by atoms with Crippen LogP contribution in [0, 0.1) is 0 Å². The number of piperazine rings is 1. The molecule has 2 N–H and O–H groups in total. The summed E-state index contributed by atoms with van der Waals surface area (Å²) in [5.41, 5.74) is 8.71. The number of benzene rings is 1. The number of nitrogens with zero attached hydrogens (tertiary/aromatic N) is 2. The van der Waals surface area contributed by atoms with E-state index in [1.54, 1.807) is 0 Å². The molecule has 2 unspecified atom stereocenters. The Kier molecular flexibility index (Phi) is 6.08. The first-order chi connectivity index (χ1) is 10.0. The Morgan fingerprint density at radius 3 is 2.71 bits per heavy atom. The Labute approximate surface area is 137 Å². The highest BCUT2D eigenvalue weighted by Crippen LogP contribution is 2.27. The fraction of sp³-hybridized carbons (Fsp3) is 0.647. The maximum absolute atomic E-state index is 6.07. The zero-order valence-corrected chi connectivity index (χ0v) is 15.1. The molecule has 0 aliphatic carbocycles. The summed E-state index contributed by atoms with van der Waals surface area (Å²) < 4.78 is 1.19. The van der Waals surface area contributed by atoms with Gasteiger partial charge in [0.25, 0.3) is 0 Å². The van der Waals surface area contributed by atoms with Crippen LogP contribution in [-0.2, 0) is 6.42 Å². The highest BCUT2D eigenvalue weighted by molar-refractivity contribution is 9.10. The summed E-state index contributed by atoms with van der Waals surface area (Å²) in [5.74, 6) is 0. The van der Waals surface area contributed by atoms with Gasteiger partial charge in [-0.05, 0) is 44.0 Å². The molecule has 1 aliphatic rings. The van der Waals surface area contributed by atoms with Crippen molar-refractivity contribution in [3.05, 3.63) is 28.2 Å². The van der Waals surface area contributed by atoms with Crippen molar-refractivity contribution in [3.8, 4) is 0 Å². The van der Waals surface area contributed by atoms with Gasteiger partial charge in [-0.1, -0.05) is 35.8 Å². The molecule has 0 bridgehead atoms. The van der Waals surface area contributed by atoms with Crippen LogP contribution in [0.2, 0.25) is 0 Å². The Hall–Kier alpha value is -0.580. The fourth-order valence-electron chi connectivity index (χ4n) is 2.95. The molecule has 2 atom stereocenters. The van der Waals surface area contributed by atoms with E-state index in [1.165, 1.54) is 22.1 Å². The first-order valence-electron chi connectivity index (χ1n) is 8.04. The van der Waals surface area contributed by atoms with Crippen LogP contribution >= 0.6 is 15.9 Å². The summed E-state index contributed by atoms with van der Waals surface area (Å²) in [6.45, 7) is 7.77. The Balaban J connectivity index is 2.09. The van der Waals surface area contributed by atoms with Crippen LogP contribution < -0.4 is 10.6 Å². The van der Waals surface area contributed by atoms with Gasteiger partial charge in [0.15, 0.2) is 0 Å². The van der Waals surface area contributed by atoms with E-state index < -0.39 is 0 Å². The molecule has 1 aliphatic heterocycles. The summed E-state index contributed by atoms with van der Waals surface area (Å²) in [5, 5.41) is 0. The van der Waals surface area contributed by atoms with E-state index in [-0.39, 0.29) is 6.04 Å². The molecule has 1 aromatic carbocycles. The van der Waals surface area contributed by atoms with Crippen LogP contribution in [0.1, 0.15) is 32.3 Å². The average Bonchev–Trinajstić information content (AvgIpc) is 2.49. The molecule has 0 aromatic heterocycles. The smallest absolute Gasteiger partial charge is 0.0378 e. The number of halogens is 1. The lowest BCUT2D eigenvalue weighted by atomic mass is 10.0. The predicted octanol–water partition coefficient (Wildman–Crippen LogP) is 3.26. The van der Waals surface area contributed by atoms with Crippen LogP contribution in [0.5, 0.6) is 0 Å². The van der Waals surface area contributed by atoms with E-state index in [1.807, 2.05) is 0 Å². The molecule has 21 heavy (non-hydrogen) atoms. The maximum Gasteiger partial charge on any atom is 0.0378 e. The molecule has 1 heterocycles. The standard InChI is InChI=1S/C17H28BrN3/c1-4-14(19)10-13-6-7-16(11-17(13)18)21-9-8-20(3)15(5-2)12-21/h6-7,11,14-15H,4-5,8-10,12,19H2,1-3H3. The molecular formula is C17H28BrN3. The first-order valence-corrected chi connectivity index (χ1v) is 8.83.